The Labute approximate surface area is 113 Å². The zero-order valence-electron chi connectivity index (χ0n) is 10.4. The molecule has 1 saturated heterocycles. The van der Waals surface area contributed by atoms with Gasteiger partial charge in [-0.15, -0.1) is 11.8 Å². The second kappa shape index (κ2) is 6.49. The van der Waals surface area contributed by atoms with Crippen LogP contribution in [0, 0.1) is 0 Å². The van der Waals surface area contributed by atoms with Gasteiger partial charge in [-0.3, -0.25) is 4.79 Å². The molecular formula is C11H16F3NO3S. The van der Waals surface area contributed by atoms with Gasteiger partial charge in [-0.05, 0) is 6.42 Å². The number of carbonyl (C=O) groups is 2. The zero-order chi connectivity index (χ0) is 14.6. The summed E-state index contributed by atoms with van der Waals surface area (Å²) in [5, 5.41) is 8.69. The largest absolute Gasteiger partial charge is 0.480 e. The van der Waals surface area contributed by atoms with Crippen LogP contribution in [-0.2, 0) is 9.59 Å². The average Bonchev–Trinajstić information content (AvgIpc) is 2.69. The predicted octanol–water partition coefficient (Wildman–Crippen LogP) is 2.48. The number of carboxylic acids is 1. The van der Waals surface area contributed by atoms with Crippen LogP contribution in [0.15, 0.2) is 0 Å². The van der Waals surface area contributed by atoms with Crippen molar-refractivity contribution in [3.8, 4) is 0 Å². The summed E-state index contributed by atoms with van der Waals surface area (Å²) in [6.07, 6.45) is -4.97. The molecule has 1 N–H and O–H groups in total. The van der Waals surface area contributed by atoms with Gasteiger partial charge in [0.05, 0.1) is 11.8 Å². The second-order valence-corrected chi connectivity index (χ2v) is 5.56. The van der Waals surface area contributed by atoms with Crippen molar-refractivity contribution in [1.82, 2.24) is 4.90 Å². The molecule has 0 bridgehead atoms. The van der Waals surface area contributed by atoms with E-state index < -0.39 is 36.9 Å². The molecule has 0 aromatic carbocycles. The molecule has 1 aliphatic heterocycles. The smallest absolute Gasteiger partial charge is 0.389 e. The molecule has 0 radical (unpaired) electrons. The molecule has 2 unspecified atom stereocenters. The van der Waals surface area contributed by atoms with E-state index in [1.165, 1.54) is 11.8 Å². The van der Waals surface area contributed by atoms with Gasteiger partial charge in [0, 0.05) is 12.2 Å². The Morgan fingerprint density at radius 3 is 2.53 bits per heavy atom. The van der Waals surface area contributed by atoms with Crippen LogP contribution in [0.2, 0.25) is 0 Å². The van der Waals surface area contributed by atoms with Crippen LogP contribution in [0.25, 0.3) is 0 Å². The lowest BCUT2D eigenvalue weighted by Gasteiger charge is -2.27. The fourth-order valence-corrected chi connectivity index (χ4v) is 3.47. The molecule has 2 atom stereocenters. The van der Waals surface area contributed by atoms with E-state index >= 15 is 0 Å². The van der Waals surface area contributed by atoms with Crippen molar-refractivity contribution in [2.75, 3.05) is 5.75 Å². The highest BCUT2D eigenvalue weighted by molar-refractivity contribution is 8.00. The van der Waals surface area contributed by atoms with Crippen molar-refractivity contribution in [2.24, 2.45) is 0 Å². The van der Waals surface area contributed by atoms with E-state index in [-0.39, 0.29) is 11.1 Å². The highest BCUT2D eigenvalue weighted by Crippen LogP contribution is 2.33. The van der Waals surface area contributed by atoms with Crippen LogP contribution in [-0.4, -0.2) is 45.2 Å². The van der Waals surface area contributed by atoms with Gasteiger partial charge in [0.1, 0.15) is 6.04 Å². The van der Waals surface area contributed by atoms with Crippen LogP contribution in [0.3, 0.4) is 0 Å². The lowest BCUT2D eigenvalue weighted by molar-refractivity contribution is -0.155. The maximum atomic E-state index is 12.1. The predicted molar refractivity (Wildman–Crippen MR) is 64.7 cm³/mol. The maximum Gasteiger partial charge on any atom is 0.389 e. The molecule has 8 heteroatoms. The first-order chi connectivity index (χ1) is 8.76. The molecule has 0 aromatic rings. The van der Waals surface area contributed by atoms with Gasteiger partial charge < -0.3 is 10.0 Å². The van der Waals surface area contributed by atoms with Gasteiger partial charge in [0.2, 0.25) is 5.91 Å². The lowest BCUT2D eigenvalue weighted by atomic mass is 10.2. The van der Waals surface area contributed by atoms with E-state index in [1.54, 1.807) is 0 Å². The highest BCUT2D eigenvalue weighted by atomic mass is 32.2. The number of carboxylic acid groups (broad SMARTS) is 1. The first-order valence-corrected chi connectivity index (χ1v) is 7.03. The fourth-order valence-electron chi connectivity index (χ4n) is 1.94. The van der Waals surface area contributed by atoms with Crippen LogP contribution in [0.1, 0.15) is 32.6 Å². The van der Waals surface area contributed by atoms with Crippen LogP contribution in [0.5, 0.6) is 0 Å². The molecule has 1 rings (SSSR count). The summed E-state index contributed by atoms with van der Waals surface area (Å²) >= 11 is 1.32. The van der Waals surface area contributed by atoms with Crippen molar-refractivity contribution in [3.63, 3.8) is 0 Å². The Hall–Kier alpha value is -0.920. The van der Waals surface area contributed by atoms with Gasteiger partial charge in [0.25, 0.3) is 0 Å². The number of nitrogens with zero attached hydrogens (tertiary/aromatic N) is 1. The minimum Gasteiger partial charge on any atom is -0.480 e. The average molecular weight is 299 g/mol. The van der Waals surface area contributed by atoms with Gasteiger partial charge in [-0.25, -0.2) is 4.79 Å². The molecule has 0 spiro atoms. The van der Waals surface area contributed by atoms with E-state index in [9.17, 15) is 22.8 Å². The summed E-state index contributed by atoms with van der Waals surface area (Å²) in [7, 11) is 0. The fraction of sp³-hybridized carbons (Fsp3) is 0.818. The Bertz CT molecular complexity index is 349. The molecule has 1 fully saturated rings. The number of thioether (sulfide) groups is 1. The topological polar surface area (TPSA) is 57.6 Å². The van der Waals surface area contributed by atoms with Gasteiger partial charge >= 0.3 is 12.1 Å². The van der Waals surface area contributed by atoms with E-state index in [4.69, 9.17) is 5.11 Å². The van der Waals surface area contributed by atoms with Gasteiger partial charge in [-0.1, -0.05) is 13.3 Å². The molecule has 1 aliphatic rings. The summed E-state index contributed by atoms with van der Waals surface area (Å²) in [5.41, 5.74) is 0. The molecule has 110 valence electrons. The van der Waals surface area contributed by atoms with Crippen LogP contribution in [0.4, 0.5) is 13.2 Å². The summed E-state index contributed by atoms with van der Waals surface area (Å²) in [4.78, 5) is 24.0. The summed E-state index contributed by atoms with van der Waals surface area (Å²) in [6, 6.07) is -1.01. The Balaban J connectivity index is 2.72. The number of amides is 1. The van der Waals surface area contributed by atoms with Crippen molar-refractivity contribution in [3.05, 3.63) is 0 Å². The minimum atomic E-state index is -4.40. The highest BCUT2D eigenvalue weighted by Gasteiger charge is 2.41. The van der Waals surface area contributed by atoms with Gasteiger partial charge in [-0.2, -0.15) is 13.2 Å². The van der Waals surface area contributed by atoms with Crippen molar-refractivity contribution in [1.29, 1.82) is 0 Å². The quantitative estimate of drug-likeness (QED) is 0.847. The lowest BCUT2D eigenvalue weighted by Crippen LogP contribution is -2.45. The number of hydrogen-bond donors (Lipinski definition) is 1. The van der Waals surface area contributed by atoms with Crippen molar-refractivity contribution in [2.45, 2.75) is 50.2 Å². The minimum absolute atomic E-state index is 0.234. The molecule has 0 aliphatic carbocycles. The number of halogens is 3. The molecule has 19 heavy (non-hydrogen) atoms. The second-order valence-electron chi connectivity index (χ2n) is 4.35. The molecule has 1 heterocycles. The van der Waals surface area contributed by atoms with E-state index in [0.29, 0.717) is 6.42 Å². The van der Waals surface area contributed by atoms with Crippen LogP contribution >= 0.6 is 11.8 Å². The van der Waals surface area contributed by atoms with E-state index in [0.717, 1.165) is 11.3 Å². The molecule has 0 saturated carbocycles. The SMILES string of the molecule is CCCC1SCC(C(=O)O)N1C(=O)CCC(F)(F)F. The number of carbonyl (C=O) groups excluding carboxylic acids is 1. The molecule has 1 amide bonds. The summed E-state index contributed by atoms with van der Waals surface area (Å²) in [6.45, 7) is 1.88. The Morgan fingerprint density at radius 2 is 2.05 bits per heavy atom. The first-order valence-electron chi connectivity index (χ1n) is 5.98. The molecule has 4 nitrogen and oxygen atoms in total. The number of aliphatic carboxylic acids is 1. The summed E-state index contributed by atoms with van der Waals surface area (Å²) in [5.74, 6) is -1.66. The number of alkyl halides is 3. The normalized spacial score (nSPS) is 23.7. The van der Waals surface area contributed by atoms with Crippen molar-refractivity contribution >= 4 is 23.6 Å². The van der Waals surface area contributed by atoms with Crippen LogP contribution < -0.4 is 0 Å². The third-order valence-corrected chi connectivity index (χ3v) is 4.18. The molecule has 0 aromatic heterocycles. The number of hydrogen-bond acceptors (Lipinski definition) is 3. The number of rotatable bonds is 5. The standard InChI is InChI=1S/C11H16F3NO3S/c1-2-3-9-15(7(6-19-9)10(17)18)8(16)4-5-11(12,13)14/h7,9H,2-6H2,1H3,(H,17,18). The molecular weight excluding hydrogens is 283 g/mol. The van der Waals surface area contributed by atoms with Gasteiger partial charge in [0.15, 0.2) is 0 Å². The van der Waals surface area contributed by atoms with E-state index in [2.05, 4.69) is 0 Å². The Morgan fingerprint density at radius 1 is 1.42 bits per heavy atom. The first kappa shape index (κ1) is 16.1. The van der Waals surface area contributed by atoms with Crippen molar-refractivity contribution < 1.29 is 27.9 Å². The third-order valence-electron chi connectivity index (χ3n) is 2.82. The van der Waals surface area contributed by atoms with E-state index in [1.807, 2.05) is 6.92 Å². The zero-order valence-corrected chi connectivity index (χ0v) is 11.3. The monoisotopic (exact) mass is 299 g/mol. The third kappa shape index (κ3) is 4.59. The summed E-state index contributed by atoms with van der Waals surface area (Å²) < 4.78 is 36.3. The maximum absolute atomic E-state index is 12.1. The Kier molecular flexibility index (Phi) is 5.51.